The van der Waals surface area contributed by atoms with Gasteiger partial charge in [0.25, 0.3) is 0 Å². The molecule has 12 unspecified atom stereocenters. The second-order valence-corrected chi connectivity index (χ2v) is 33.1. The van der Waals surface area contributed by atoms with Gasteiger partial charge in [0.2, 0.25) is 0 Å². The molecule has 6 heterocycles. The molecular weight excluding hydrogens is 1220 g/mol. The second kappa shape index (κ2) is 22.5. The van der Waals surface area contributed by atoms with Gasteiger partial charge in [-0.2, -0.15) is 0 Å². The van der Waals surface area contributed by atoms with Crippen molar-refractivity contribution >= 4 is 37.7 Å². The largest absolute Gasteiger partial charge is 0.495 e. The van der Waals surface area contributed by atoms with Gasteiger partial charge in [-0.15, -0.1) is 0 Å². The van der Waals surface area contributed by atoms with E-state index in [0.29, 0.717) is 35.5 Å². The van der Waals surface area contributed by atoms with Gasteiger partial charge in [0.15, 0.2) is 0 Å². The molecule has 3 saturated heterocycles. The Morgan fingerprint density at radius 2 is 0.566 bits per heavy atom. The smallest absolute Gasteiger partial charge is 0.401 e. The third-order valence-electron chi connectivity index (χ3n) is 26.8. The molecule has 9 nitrogen and oxygen atoms in total. The molecule has 0 N–H and O–H groups in total. The molecule has 99 heavy (non-hydrogen) atoms. The van der Waals surface area contributed by atoms with Crippen molar-refractivity contribution in [2.75, 3.05) is 0 Å². The summed E-state index contributed by atoms with van der Waals surface area (Å²) in [5.74, 6) is 3.06. The number of rotatable bonds is 12. The van der Waals surface area contributed by atoms with E-state index in [-0.39, 0.29) is 34.6 Å². The van der Waals surface area contributed by atoms with Gasteiger partial charge in [0.05, 0.1) is 52.2 Å². The van der Waals surface area contributed by atoms with Crippen molar-refractivity contribution < 1.29 is 27.9 Å². The number of hydrogen-bond donors (Lipinski definition) is 0. The van der Waals surface area contributed by atoms with Crippen LogP contribution >= 0.6 is 0 Å². The number of pyridine rings is 3. The summed E-state index contributed by atoms with van der Waals surface area (Å²) in [6.45, 7) is 21.5. The highest BCUT2D eigenvalue weighted by Crippen LogP contribution is 2.67. The number of benzene rings is 7. The van der Waals surface area contributed by atoms with Crippen molar-refractivity contribution in [1.82, 2.24) is 15.0 Å². The van der Waals surface area contributed by atoms with Crippen LogP contribution < -0.4 is 16.4 Å². The van der Waals surface area contributed by atoms with Crippen molar-refractivity contribution in [2.24, 2.45) is 51.8 Å². The zero-order chi connectivity index (χ0) is 67.1. The van der Waals surface area contributed by atoms with Crippen molar-refractivity contribution in [3.63, 3.8) is 0 Å². The highest BCUT2D eigenvalue weighted by molar-refractivity contribution is 6.65. The second-order valence-electron chi connectivity index (χ2n) is 33.1. The Hall–Kier alpha value is -8.06. The molecule has 12 fully saturated rings. The Bertz CT molecular complexity index is 4380. The molecule has 12 atom stereocenters. The number of hydrogen-bond acceptors (Lipinski definition) is 9. The van der Waals surface area contributed by atoms with E-state index in [9.17, 15) is 0 Å². The van der Waals surface area contributed by atoms with Crippen LogP contribution in [0.1, 0.15) is 101 Å². The van der Waals surface area contributed by atoms with Crippen molar-refractivity contribution in [1.29, 1.82) is 0 Å². The van der Waals surface area contributed by atoms with E-state index in [1.807, 2.05) is 36.8 Å². The lowest BCUT2D eigenvalue weighted by atomic mass is 9.45. The molecule has 22 rings (SSSR count). The zero-order valence-corrected chi connectivity index (χ0v) is 58.2. The van der Waals surface area contributed by atoms with Crippen LogP contribution in [-0.4, -0.2) is 71.4 Å². The lowest BCUT2D eigenvalue weighted by Gasteiger charge is -2.63. The maximum atomic E-state index is 7.37. The SMILES string of the molecule is CC12CC3CC(C1OB(c1cc(-c4ccccn4)ccc1-c1ccccc1-c1cc(-c4ccccc4-c4ccc(-c5ccccn5)cc4B4OC5C6CC(CC5(C)O4)C6(C)C)cc(-c4ccccc4-c4ccc(-c5ccccn5)cc4B4OC5C6CC(CC5(C)O4)C6(C)C)c1)O2)C3(C)C. The molecule has 492 valence electrons. The Kier molecular flexibility index (Phi) is 14.1. The molecule has 3 aromatic heterocycles. The molecule has 12 aliphatic rings. The maximum Gasteiger partial charge on any atom is 0.495 e. The first-order chi connectivity index (χ1) is 47.8. The molecule has 9 aliphatic carbocycles. The Balaban J connectivity index is 0.800. The summed E-state index contributed by atoms with van der Waals surface area (Å²) in [7, 11) is -1.77. The Morgan fingerprint density at radius 1 is 0.293 bits per heavy atom. The normalized spacial score (nSPS) is 29.8. The first-order valence-corrected chi connectivity index (χ1v) is 36.4. The zero-order valence-electron chi connectivity index (χ0n) is 58.2. The fourth-order valence-electron chi connectivity index (χ4n) is 20.6. The molecule has 7 aromatic carbocycles. The molecule has 12 heteroatoms. The summed E-state index contributed by atoms with van der Waals surface area (Å²) in [4.78, 5) is 14.6. The van der Waals surface area contributed by atoms with Gasteiger partial charge in [-0.1, -0.05) is 187 Å². The summed E-state index contributed by atoms with van der Waals surface area (Å²) in [6, 6.07) is 72.8. The number of aromatic nitrogens is 3. The lowest BCUT2D eigenvalue weighted by molar-refractivity contribution is -0.185. The van der Waals surface area contributed by atoms with Crippen LogP contribution in [-0.2, 0) is 27.9 Å². The van der Waals surface area contributed by atoms with E-state index in [1.54, 1.807) is 0 Å². The Labute approximate surface area is 584 Å². The van der Waals surface area contributed by atoms with Gasteiger partial charge in [0.1, 0.15) is 0 Å². The quantitative estimate of drug-likeness (QED) is 0.111. The molecular formula is C87H84B3N3O6. The third-order valence-corrected chi connectivity index (χ3v) is 26.8. The summed E-state index contributed by atoms with van der Waals surface area (Å²) in [6.07, 6.45) is 12.0. The van der Waals surface area contributed by atoms with Crippen LogP contribution in [0, 0.1) is 51.8 Å². The molecule has 10 aromatic rings. The summed E-state index contributed by atoms with van der Waals surface area (Å²) >= 11 is 0. The van der Waals surface area contributed by atoms with Crippen molar-refractivity contribution in [3.8, 4) is 101 Å². The summed E-state index contributed by atoms with van der Waals surface area (Å²) in [5.41, 5.74) is 21.0. The standard InChI is InChI=1S/C87H84B3N3O6/c1-82(2)58-46-70(82)79-85(7,49-58)97-88(94-79)73-43-52(76-28-16-19-37-91-76)31-34-67(73)64-25-13-10-22-61(64)55-40-56(62-23-11-14-26-65(62)68-35-32-53(77-29-17-20-38-92-77)44-74(68)89-95-80-71-47-59(83(71,3)4)50-86(80,8)98-89)42-57(41-55)63-24-12-15-27-66(63)69-36-33-54(78-30-18-21-39-93-78)45-75(69)90-96-81-72-48-60(84(72,5)6)51-87(81,9)99-90/h10-45,58-60,70-72,79-81H,46-51H2,1-9H3. The van der Waals surface area contributed by atoms with Gasteiger partial charge >= 0.3 is 21.4 Å². The molecule has 0 amide bonds. The van der Waals surface area contributed by atoms with Crippen LogP contribution in [0.25, 0.3) is 101 Å². The van der Waals surface area contributed by atoms with E-state index in [0.717, 1.165) is 136 Å². The fourth-order valence-corrected chi connectivity index (χ4v) is 20.6. The van der Waals surface area contributed by atoms with E-state index in [4.69, 9.17) is 42.9 Å². The van der Waals surface area contributed by atoms with Gasteiger partial charge in [-0.05, 0) is 265 Å². The predicted molar refractivity (Wildman–Crippen MR) is 398 cm³/mol. The Morgan fingerprint density at radius 3 is 0.828 bits per heavy atom. The van der Waals surface area contributed by atoms with E-state index < -0.39 is 38.2 Å². The fraction of sp³-hybridized carbons (Fsp3) is 0.345. The van der Waals surface area contributed by atoms with Crippen molar-refractivity contribution in [2.45, 2.75) is 136 Å². The minimum atomic E-state index is -0.591. The van der Waals surface area contributed by atoms with Gasteiger partial charge in [-0.25, -0.2) is 0 Å². The highest BCUT2D eigenvalue weighted by Gasteiger charge is 2.70. The van der Waals surface area contributed by atoms with E-state index in [1.165, 1.54) is 19.3 Å². The van der Waals surface area contributed by atoms with E-state index >= 15 is 0 Å². The molecule has 9 saturated carbocycles. The first kappa shape index (κ1) is 62.0. The van der Waals surface area contributed by atoms with Crippen LogP contribution in [0.5, 0.6) is 0 Å². The molecule has 3 aliphatic heterocycles. The first-order valence-electron chi connectivity index (χ1n) is 36.4. The number of nitrogens with zero attached hydrogens (tertiary/aromatic N) is 3. The average molecular weight is 1300 g/mol. The average Bonchev–Trinajstić information content (AvgIpc) is 1.05. The minimum Gasteiger partial charge on any atom is -0.401 e. The molecule has 0 spiro atoms. The van der Waals surface area contributed by atoms with Crippen LogP contribution in [0.4, 0.5) is 0 Å². The lowest BCUT2D eigenvalue weighted by Crippen LogP contribution is -2.63. The summed E-state index contributed by atoms with van der Waals surface area (Å²) in [5, 5.41) is 0. The monoisotopic (exact) mass is 1300 g/mol. The summed E-state index contributed by atoms with van der Waals surface area (Å²) < 4.78 is 44.2. The molecule has 0 radical (unpaired) electrons. The van der Waals surface area contributed by atoms with Gasteiger partial charge < -0.3 is 27.9 Å². The maximum absolute atomic E-state index is 7.37. The molecule has 6 bridgehead atoms. The highest BCUT2D eigenvalue weighted by atomic mass is 16.7. The van der Waals surface area contributed by atoms with Crippen molar-refractivity contribution in [3.05, 3.63) is 219 Å². The van der Waals surface area contributed by atoms with Gasteiger partial charge in [-0.3, -0.25) is 15.0 Å². The van der Waals surface area contributed by atoms with Crippen LogP contribution in [0.3, 0.4) is 0 Å². The third kappa shape index (κ3) is 9.69. The predicted octanol–water partition coefficient (Wildman–Crippen LogP) is 17.7. The minimum absolute atomic E-state index is 0.0182. The topological polar surface area (TPSA) is 94.1 Å². The van der Waals surface area contributed by atoms with Crippen LogP contribution in [0.15, 0.2) is 219 Å². The van der Waals surface area contributed by atoms with Crippen LogP contribution in [0.2, 0.25) is 0 Å². The van der Waals surface area contributed by atoms with Gasteiger partial charge in [0, 0.05) is 18.6 Å². The van der Waals surface area contributed by atoms with E-state index in [2.05, 4.69) is 244 Å².